The first kappa shape index (κ1) is 14.8. The van der Waals surface area contributed by atoms with E-state index in [1.54, 1.807) is 11.8 Å². The Balaban J connectivity index is 1.99. The Morgan fingerprint density at radius 1 is 1.10 bits per heavy atom. The van der Waals surface area contributed by atoms with E-state index >= 15 is 0 Å². The van der Waals surface area contributed by atoms with Crippen molar-refractivity contribution in [3.63, 3.8) is 0 Å². The molecule has 5 heteroatoms. The maximum atomic E-state index is 4.58. The molecule has 2 rings (SSSR count). The first-order chi connectivity index (χ1) is 9.67. The number of nitrogens with one attached hydrogen (secondary N) is 1. The third kappa shape index (κ3) is 4.49. The number of hydrogen-bond acceptors (Lipinski definition) is 5. The van der Waals surface area contributed by atoms with E-state index in [1.165, 1.54) is 0 Å². The summed E-state index contributed by atoms with van der Waals surface area (Å²) in [7, 11) is 0. The number of aromatic nitrogens is 3. The third-order valence-corrected chi connectivity index (χ3v) is 3.55. The number of aryl methyl sites for hydroxylation is 2. The Labute approximate surface area is 124 Å². The quantitative estimate of drug-likeness (QED) is 0.650. The SMILES string of the molecule is CCCNc1cccc(CSc2nc(C)cc(C)n2)n1. The van der Waals surface area contributed by atoms with Crippen LogP contribution in [0.3, 0.4) is 0 Å². The molecule has 4 nitrogen and oxygen atoms in total. The zero-order valence-corrected chi connectivity index (χ0v) is 13.0. The van der Waals surface area contributed by atoms with Gasteiger partial charge in [-0.25, -0.2) is 15.0 Å². The van der Waals surface area contributed by atoms with E-state index in [9.17, 15) is 0 Å². The summed E-state index contributed by atoms with van der Waals surface area (Å²) in [4.78, 5) is 13.4. The fourth-order valence-electron chi connectivity index (χ4n) is 1.81. The molecule has 106 valence electrons. The standard InChI is InChI=1S/C15H20N4S/c1-4-8-16-14-7-5-6-13(19-14)10-20-15-17-11(2)9-12(3)18-15/h5-7,9H,4,8,10H2,1-3H3,(H,16,19). The molecular weight excluding hydrogens is 268 g/mol. The second-order valence-corrected chi connectivity index (χ2v) is 5.61. The van der Waals surface area contributed by atoms with Crippen molar-refractivity contribution in [3.05, 3.63) is 41.3 Å². The highest BCUT2D eigenvalue weighted by Gasteiger charge is 2.03. The van der Waals surface area contributed by atoms with E-state index < -0.39 is 0 Å². The summed E-state index contributed by atoms with van der Waals surface area (Å²) in [5.74, 6) is 1.72. The van der Waals surface area contributed by atoms with Gasteiger partial charge in [0.2, 0.25) is 0 Å². The Morgan fingerprint density at radius 3 is 2.55 bits per heavy atom. The summed E-state index contributed by atoms with van der Waals surface area (Å²) >= 11 is 1.62. The fourth-order valence-corrected chi connectivity index (χ4v) is 2.66. The van der Waals surface area contributed by atoms with Crippen molar-refractivity contribution in [2.45, 2.75) is 38.1 Å². The highest BCUT2D eigenvalue weighted by atomic mass is 32.2. The van der Waals surface area contributed by atoms with Crippen LogP contribution in [0, 0.1) is 13.8 Å². The second kappa shape index (κ2) is 7.24. The zero-order valence-electron chi connectivity index (χ0n) is 12.2. The van der Waals surface area contributed by atoms with Gasteiger partial charge in [0.1, 0.15) is 5.82 Å². The van der Waals surface area contributed by atoms with Crippen molar-refractivity contribution < 1.29 is 0 Å². The van der Waals surface area contributed by atoms with Crippen molar-refractivity contribution in [3.8, 4) is 0 Å². The fraction of sp³-hybridized carbons (Fsp3) is 0.400. The molecule has 0 atom stereocenters. The van der Waals surface area contributed by atoms with Gasteiger partial charge in [-0.05, 0) is 38.5 Å². The lowest BCUT2D eigenvalue weighted by Gasteiger charge is -2.06. The lowest BCUT2D eigenvalue weighted by Crippen LogP contribution is -2.02. The van der Waals surface area contributed by atoms with Crippen LogP contribution in [0.4, 0.5) is 5.82 Å². The average Bonchev–Trinajstić information content (AvgIpc) is 2.42. The summed E-state index contributed by atoms with van der Waals surface area (Å²) in [5, 5.41) is 4.12. The Morgan fingerprint density at radius 2 is 1.85 bits per heavy atom. The summed E-state index contributed by atoms with van der Waals surface area (Å²) in [6, 6.07) is 8.05. The van der Waals surface area contributed by atoms with Crippen LogP contribution in [0.25, 0.3) is 0 Å². The molecular formula is C15H20N4S. The van der Waals surface area contributed by atoms with E-state index in [1.807, 2.05) is 38.1 Å². The molecule has 0 bridgehead atoms. The molecule has 0 saturated carbocycles. The van der Waals surface area contributed by atoms with Gasteiger partial charge in [0, 0.05) is 23.7 Å². The summed E-state index contributed by atoms with van der Waals surface area (Å²) < 4.78 is 0. The normalized spacial score (nSPS) is 10.6. The molecule has 0 radical (unpaired) electrons. The molecule has 2 aromatic heterocycles. The second-order valence-electron chi connectivity index (χ2n) is 4.66. The number of anilines is 1. The minimum Gasteiger partial charge on any atom is -0.370 e. The van der Waals surface area contributed by atoms with Crippen LogP contribution < -0.4 is 5.32 Å². The van der Waals surface area contributed by atoms with E-state index in [-0.39, 0.29) is 0 Å². The van der Waals surface area contributed by atoms with Crippen LogP contribution >= 0.6 is 11.8 Å². The topological polar surface area (TPSA) is 50.7 Å². The molecule has 0 spiro atoms. The molecule has 2 aromatic rings. The highest BCUT2D eigenvalue weighted by Crippen LogP contribution is 2.19. The first-order valence-corrected chi connectivity index (χ1v) is 7.81. The van der Waals surface area contributed by atoms with E-state index in [2.05, 4.69) is 27.2 Å². The van der Waals surface area contributed by atoms with Gasteiger partial charge in [-0.15, -0.1) is 0 Å². The number of rotatable bonds is 6. The molecule has 0 aliphatic heterocycles. The number of pyridine rings is 1. The van der Waals surface area contributed by atoms with Crippen LogP contribution in [0.15, 0.2) is 29.4 Å². The Kier molecular flexibility index (Phi) is 5.35. The monoisotopic (exact) mass is 288 g/mol. The van der Waals surface area contributed by atoms with Gasteiger partial charge in [-0.1, -0.05) is 24.8 Å². The minimum absolute atomic E-state index is 0.782. The average molecular weight is 288 g/mol. The minimum atomic E-state index is 0.782. The van der Waals surface area contributed by atoms with Crippen LogP contribution in [-0.4, -0.2) is 21.5 Å². The number of nitrogens with zero attached hydrogens (tertiary/aromatic N) is 3. The van der Waals surface area contributed by atoms with Gasteiger partial charge in [0.15, 0.2) is 5.16 Å². The van der Waals surface area contributed by atoms with Gasteiger partial charge < -0.3 is 5.32 Å². The maximum absolute atomic E-state index is 4.58. The molecule has 0 fully saturated rings. The van der Waals surface area contributed by atoms with Gasteiger partial charge in [-0.2, -0.15) is 0 Å². The molecule has 0 saturated heterocycles. The van der Waals surface area contributed by atoms with E-state index in [0.29, 0.717) is 0 Å². The van der Waals surface area contributed by atoms with Gasteiger partial charge in [0.05, 0.1) is 5.69 Å². The first-order valence-electron chi connectivity index (χ1n) is 6.82. The highest BCUT2D eigenvalue weighted by molar-refractivity contribution is 7.98. The third-order valence-electron chi connectivity index (χ3n) is 2.67. The predicted molar refractivity (Wildman–Crippen MR) is 84.1 cm³/mol. The smallest absolute Gasteiger partial charge is 0.188 e. The predicted octanol–water partition coefficient (Wildman–Crippen LogP) is 3.60. The van der Waals surface area contributed by atoms with Gasteiger partial charge in [0.25, 0.3) is 0 Å². The largest absolute Gasteiger partial charge is 0.370 e. The molecule has 1 N–H and O–H groups in total. The lowest BCUT2D eigenvalue weighted by atomic mass is 10.3. The number of thioether (sulfide) groups is 1. The van der Waals surface area contributed by atoms with E-state index in [4.69, 9.17) is 0 Å². The van der Waals surface area contributed by atoms with Crippen LogP contribution in [0.1, 0.15) is 30.4 Å². The molecule has 0 aromatic carbocycles. The molecule has 20 heavy (non-hydrogen) atoms. The van der Waals surface area contributed by atoms with Crippen molar-refractivity contribution in [2.75, 3.05) is 11.9 Å². The van der Waals surface area contributed by atoms with Gasteiger partial charge in [-0.3, -0.25) is 0 Å². The summed E-state index contributed by atoms with van der Waals surface area (Å²) in [6.45, 7) is 7.08. The van der Waals surface area contributed by atoms with Crippen molar-refractivity contribution in [1.82, 2.24) is 15.0 Å². The molecule has 0 amide bonds. The number of hydrogen-bond donors (Lipinski definition) is 1. The summed E-state index contributed by atoms with van der Waals surface area (Å²) in [6.07, 6.45) is 1.09. The van der Waals surface area contributed by atoms with Crippen LogP contribution in [0.5, 0.6) is 0 Å². The summed E-state index contributed by atoms with van der Waals surface area (Å²) in [5.41, 5.74) is 3.05. The van der Waals surface area contributed by atoms with Crippen LogP contribution in [0.2, 0.25) is 0 Å². The van der Waals surface area contributed by atoms with E-state index in [0.717, 1.165) is 46.8 Å². The lowest BCUT2D eigenvalue weighted by molar-refractivity contribution is 0.901. The van der Waals surface area contributed by atoms with Crippen molar-refractivity contribution in [1.29, 1.82) is 0 Å². The van der Waals surface area contributed by atoms with Crippen molar-refractivity contribution >= 4 is 17.6 Å². The Bertz CT molecular complexity index is 551. The maximum Gasteiger partial charge on any atom is 0.188 e. The van der Waals surface area contributed by atoms with Crippen molar-refractivity contribution in [2.24, 2.45) is 0 Å². The molecule has 2 heterocycles. The zero-order chi connectivity index (χ0) is 14.4. The molecule has 0 unspecified atom stereocenters. The Hall–Kier alpha value is -1.62. The van der Waals surface area contributed by atoms with Crippen LogP contribution in [-0.2, 0) is 5.75 Å². The molecule has 0 aliphatic rings. The van der Waals surface area contributed by atoms with Gasteiger partial charge >= 0.3 is 0 Å². The molecule has 0 aliphatic carbocycles.